The molecule has 0 amide bonds. The third-order valence-electron chi connectivity index (χ3n) is 3.29. The maximum atomic E-state index is 5.54. The highest BCUT2D eigenvalue weighted by atomic mass is 16.5. The molecule has 0 aromatic carbocycles. The number of aromatic nitrogens is 2. The molecule has 102 valence electrons. The zero-order valence-corrected chi connectivity index (χ0v) is 12.3. The molecule has 1 heterocycles. The van der Waals surface area contributed by atoms with E-state index >= 15 is 0 Å². The molecule has 0 bridgehead atoms. The first kappa shape index (κ1) is 14.7. The zero-order valence-electron chi connectivity index (χ0n) is 12.3. The van der Waals surface area contributed by atoms with Crippen LogP contribution in [0.25, 0.3) is 0 Å². The molecule has 4 nitrogen and oxygen atoms in total. The third-order valence-corrected chi connectivity index (χ3v) is 3.29. The predicted molar refractivity (Wildman–Crippen MR) is 74.9 cm³/mol. The fourth-order valence-corrected chi connectivity index (χ4v) is 1.26. The van der Waals surface area contributed by atoms with Gasteiger partial charge in [0.1, 0.15) is 12.1 Å². The van der Waals surface area contributed by atoms with Gasteiger partial charge in [-0.1, -0.05) is 27.7 Å². The molecule has 0 aliphatic heterocycles. The van der Waals surface area contributed by atoms with E-state index in [1.54, 1.807) is 0 Å². The van der Waals surface area contributed by atoms with Gasteiger partial charge in [0.25, 0.3) is 0 Å². The maximum absolute atomic E-state index is 5.54. The van der Waals surface area contributed by atoms with Crippen LogP contribution in [0.15, 0.2) is 12.4 Å². The van der Waals surface area contributed by atoms with Crippen molar-refractivity contribution < 1.29 is 4.74 Å². The summed E-state index contributed by atoms with van der Waals surface area (Å²) in [6.45, 7) is 13.8. The average molecular weight is 251 g/mol. The van der Waals surface area contributed by atoms with Gasteiger partial charge in [-0.3, -0.25) is 0 Å². The number of nitrogens with zero attached hydrogens (tertiary/aromatic N) is 2. The first-order valence-electron chi connectivity index (χ1n) is 6.54. The molecule has 0 saturated carbocycles. The van der Waals surface area contributed by atoms with E-state index in [-0.39, 0.29) is 11.5 Å². The van der Waals surface area contributed by atoms with Crippen LogP contribution in [0.5, 0.6) is 5.88 Å². The van der Waals surface area contributed by atoms with Crippen LogP contribution in [0.2, 0.25) is 0 Å². The first-order chi connectivity index (χ1) is 8.31. The number of nitrogens with one attached hydrogen (secondary N) is 1. The summed E-state index contributed by atoms with van der Waals surface area (Å²) in [4.78, 5) is 8.29. The predicted octanol–water partition coefficient (Wildman–Crippen LogP) is 3.36. The summed E-state index contributed by atoms with van der Waals surface area (Å²) >= 11 is 0. The Labute approximate surface area is 110 Å². The van der Waals surface area contributed by atoms with E-state index in [0.717, 1.165) is 12.4 Å². The highest BCUT2D eigenvalue weighted by molar-refractivity contribution is 5.37. The number of anilines is 1. The molecule has 1 aromatic rings. The van der Waals surface area contributed by atoms with E-state index in [1.165, 1.54) is 6.33 Å². The lowest BCUT2D eigenvalue weighted by Crippen LogP contribution is -2.28. The minimum atomic E-state index is 0.125. The van der Waals surface area contributed by atoms with Crippen LogP contribution in [-0.4, -0.2) is 22.6 Å². The number of ether oxygens (including phenoxy) is 1. The smallest absolute Gasteiger partial charge is 0.218 e. The van der Waals surface area contributed by atoms with Crippen LogP contribution in [0, 0.1) is 11.3 Å². The van der Waals surface area contributed by atoms with Gasteiger partial charge in [-0.25, -0.2) is 9.97 Å². The van der Waals surface area contributed by atoms with Gasteiger partial charge in [0, 0.05) is 12.6 Å². The summed E-state index contributed by atoms with van der Waals surface area (Å²) in [6.07, 6.45) is 1.66. The lowest BCUT2D eigenvalue weighted by atomic mass is 9.81. The fraction of sp³-hybridized carbons (Fsp3) is 0.714. The van der Waals surface area contributed by atoms with Crippen LogP contribution in [0.4, 0.5) is 5.82 Å². The van der Waals surface area contributed by atoms with Gasteiger partial charge in [0.05, 0.1) is 6.10 Å². The molecule has 0 radical (unpaired) electrons. The summed E-state index contributed by atoms with van der Waals surface area (Å²) in [6, 6.07) is 1.84. The Kier molecular flexibility index (Phi) is 4.93. The molecule has 0 fully saturated rings. The Hall–Kier alpha value is -1.32. The van der Waals surface area contributed by atoms with Crippen molar-refractivity contribution in [1.29, 1.82) is 0 Å². The van der Waals surface area contributed by atoms with Crippen molar-refractivity contribution in [2.45, 2.75) is 47.6 Å². The van der Waals surface area contributed by atoms with Crippen molar-refractivity contribution in [2.24, 2.45) is 11.3 Å². The van der Waals surface area contributed by atoms with Crippen LogP contribution >= 0.6 is 0 Å². The largest absolute Gasteiger partial charge is 0.475 e. The molecule has 0 aliphatic rings. The van der Waals surface area contributed by atoms with Crippen LogP contribution in [-0.2, 0) is 0 Å². The lowest BCUT2D eigenvalue weighted by Gasteiger charge is -2.29. The van der Waals surface area contributed by atoms with E-state index in [9.17, 15) is 0 Å². The Morgan fingerprint density at radius 3 is 2.44 bits per heavy atom. The molecule has 0 atom stereocenters. The highest BCUT2D eigenvalue weighted by Crippen LogP contribution is 2.26. The molecule has 0 saturated heterocycles. The molecule has 1 aromatic heterocycles. The second kappa shape index (κ2) is 6.03. The van der Waals surface area contributed by atoms with Crippen molar-refractivity contribution >= 4 is 5.82 Å². The molecule has 4 heteroatoms. The first-order valence-corrected chi connectivity index (χ1v) is 6.54. The maximum Gasteiger partial charge on any atom is 0.218 e. The normalized spacial score (nSPS) is 12.0. The molecule has 18 heavy (non-hydrogen) atoms. The van der Waals surface area contributed by atoms with Gasteiger partial charge in [0.2, 0.25) is 5.88 Å². The van der Waals surface area contributed by atoms with Crippen LogP contribution in [0.3, 0.4) is 0 Å². The Balaban J connectivity index is 2.63. The second-order valence-corrected chi connectivity index (χ2v) is 5.90. The van der Waals surface area contributed by atoms with Gasteiger partial charge in [0.15, 0.2) is 0 Å². The molecule has 1 N–H and O–H groups in total. The number of rotatable bonds is 6. The SMILES string of the molecule is CC(C)Oc1cc(NCC(C)(C)C(C)C)ncn1. The second-order valence-electron chi connectivity index (χ2n) is 5.90. The van der Waals surface area contributed by atoms with Gasteiger partial charge < -0.3 is 10.1 Å². The van der Waals surface area contributed by atoms with Gasteiger partial charge in [-0.05, 0) is 25.2 Å². The van der Waals surface area contributed by atoms with Crippen molar-refractivity contribution in [1.82, 2.24) is 9.97 Å². The van der Waals surface area contributed by atoms with Crippen molar-refractivity contribution in [3.63, 3.8) is 0 Å². The molecule has 0 spiro atoms. The van der Waals surface area contributed by atoms with Crippen molar-refractivity contribution in [2.75, 3.05) is 11.9 Å². The zero-order chi connectivity index (χ0) is 13.8. The minimum Gasteiger partial charge on any atom is -0.475 e. The number of hydrogen-bond acceptors (Lipinski definition) is 4. The van der Waals surface area contributed by atoms with Gasteiger partial charge in [-0.2, -0.15) is 0 Å². The standard InChI is InChI=1S/C14H25N3O/c1-10(2)14(5,6)8-15-12-7-13(17-9-16-12)18-11(3)4/h7,9-11H,8H2,1-6H3,(H,15,16,17). The van der Waals surface area contributed by atoms with Crippen LogP contribution < -0.4 is 10.1 Å². The van der Waals surface area contributed by atoms with Crippen molar-refractivity contribution in [3.05, 3.63) is 12.4 Å². The summed E-state index contributed by atoms with van der Waals surface area (Å²) in [5.74, 6) is 2.04. The Morgan fingerprint density at radius 2 is 1.89 bits per heavy atom. The monoisotopic (exact) mass is 251 g/mol. The van der Waals surface area contributed by atoms with E-state index < -0.39 is 0 Å². The average Bonchev–Trinajstić information content (AvgIpc) is 2.26. The van der Waals surface area contributed by atoms with E-state index in [1.807, 2.05) is 19.9 Å². The van der Waals surface area contributed by atoms with E-state index in [0.29, 0.717) is 11.8 Å². The quantitative estimate of drug-likeness (QED) is 0.842. The Bertz CT molecular complexity index is 375. The molecular formula is C14H25N3O. The topological polar surface area (TPSA) is 47.0 Å². The van der Waals surface area contributed by atoms with Crippen molar-refractivity contribution in [3.8, 4) is 5.88 Å². The summed E-state index contributed by atoms with van der Waals surface area (Å²) in [7, 11) is 0. The number of hydrogen-bond donors (Lipinski definition) is 1. The molecule has 1 rings (SSSR count). The van der Waals surface area contributed by atoms with Crippen LogP contribution in [0.1, 0.15) is 41.5 Å². The lowest BCUT2D eigenvalue weighted by molar-refractivity contribution is 0.232. The van der Waals surface area contributed by atoms with Gasteiger partial charge in [-0.15, -0.1) is 0 Å². The van der Waals surface area contributed by atoms with E-state index in [4.69, 9.17) is 4.74 Å². The Morgan fingerprint density at radius 1 is 1.22 bits per heavy atom. The molecule has 0 unspecified atom stereocenters. The summed E-state index contributed by atoms with van der Waals surface area (Å²) in [5, 5.41) is 3.35. The molecular weight excluding hydrogens is 226 g/mol. The van der Waals surface area contributed by atoms with E-state index in [2.05, 4.69) is 43.0 Å². The third kappa shape index (κ3) is 4.51. The minimum absolute atomic E-state index is 0.125. The fourth-order valence-electron chi connectivity index (χ4n) is 1.26. The summed E-state index contributed by atoms with van der Waals surface area (Å²) in [5.41, 5.74) is 0.226. The highest BCUT2D eigenvalue weighted by Gasteiger charge is 2.22. The molecule has 0 aliphatic carbocycles. The summed E-state index contributed by atoms with van der Waals surface area (Å²) < 4.78 is 5.54. The van der Waals surface area contributed by atoms with Gasteiger partial charge >= 0.3 is 0 Å².